The van der Waals surface area contributed by atoms with Crippen molar-refractivity contribution in [1.82, 2.24) is 9.62 Å². The van der Waals surface area contributed by atoms with Crippen LogP contribution in [-0.4, -0.2) is 49.5 Å². The minimum Gasteiger partial charge on any atom is -0.444 e. The van der Waals surface area contributed by atoms with E-state index in [4.69, 9.17) is 4.74 Å². The van der Waals surface area contributed by atoms with Gasteiger partial charge < -0.3 is 15.0 Å². The molecule has 2 N–H and O–H groups in total. The monoisotopic (exact) mass is 551 g/mol. The fourth-order valence-corrected chi connectivity index (χ4v) is 6.53. The second-order valence-electron chi connectivity index (χ2n) is 11.1. The molecule has 0 bridgehead atoms. The number of likely N-dealkylation sites (tertiary alicyclic amines) is 1. The standard InChI is InChI=1S/C30H37N3O5S/c1-20-12-6-7-13-22(20)28(34)31-25-17-18-27(24-15-9-8-14-23(24)25)39(36,37)32-21(2)26-16-10-11-19-33(26)29(35)38-30(3,4)5/h6-9,12-15,17-18,21,26,32H,10-11,16,19H2,1-5H3,(H,31,34). The van der Waals surface area contributed by atoms with Gasteiger partial charge in [-0.1, -0.05) is 42.5 Å². The van der Waals surface area contributed by atoms with Crippen molar-refractivity contribution in [2.45, 2.75) is 76.5 Å². The van der Waals surface area contributed by atoms with Crippen molar-refractivity contribution >= 4 is 38.5 Å². The summed E-state index contributed by atoms with van der Waals surface area (Å²) in [5, 5.41) is 4.04. The first kappa shape index (κ1) is 28.6. The number of carbonyl (C=O) groups excluding carboxylic acids is 2. The number of benzene rings is 3. The predicted molar refractivity (Wildman–Crippen MR) is 153 cm³/mol. The maximum atomic E-state index is 13.7. The van der Waals surface area contributed by atoms with Crippen molar-refractivity contribution < 1.29 is 22.7 Å². The van der Waals surface area contributed by atoms with Gasteiger partial charge in [0, 0.05) is 34.6 Å². The first-order valence-electron chi connectivity index (χ1n) is 13.3. The lowest BCUT2D eigenvalue weighted by Crippen LogP contribution is -2.55. The van der Waals surface area contributed by atoms with E-state index in [0.717, 1.165) is 18.4 Å². The van der Waals surface area contributed by atoms with E-state index in [2.05, 4.69) is 10.0 Å². The van der Waals surface area contributed by atoms with Crippen molar-refractivity contribution in [1.29, 1.82) is 0 Å². The predicted octanol–water partition coefficient (Wildman–Crippen LogP) is 5.86. The zero-order valence-corrected chi connectivity index (χ0v) is 24.0. The van der Waals surface area contributed by atoms with Crippen LogP contribution in [-0.2, 0) is 14.8 Å². The minimum atomic E-state index is -3.97. The summed E-state index contributed by atoms with van der Waals surface area (Å²) in [6.45, 7) is 9.61. The summed E-state index contributed by atoms with van der Waals surface area (Å²) in [6, 6.07) is 16.6. The van der Waals surface area contributed by atoms with Crippen LogP contribution in [0.3, 0.4) is 0 Å². The molecule has 2 unspecified atom stereocenters. The molecule has 1 fully saturated rings. The molecule has 1 aliphatic rings. The lowest BCUT2D eigenvalue weighted by molar-refractivity contribution is 0.00657. The van der Waals surface area contributed by atoms with Gasteiger partial charge in [-0.15, -0.1) is 0 Å². The Morgan fingerprint density at radius 2 is 1.64 bits per heavy atom. The molecule has 1 heterocycles. The lowest BCUT2D eigenvalue weighted by atomic mass is 9.97. The van der Waals surface area contributed by atoms with E-state index in [-0.39, 0.29) is 16.8 Å². The maximum Gasteiger partial charge on any atom is 0.410 e. The smallest absolute Gasteiger partial charge is 0.410 e. The molecule has 39 heavy (non-hydrogen) atoms. The molecule has 0 saturated carbocycles. The number of piperidine rings is 1. The number of fused-ring (bicyclic) bond motifs is 1. The molecule has 3 aromatic carbocycles. The summed E-state index contributed by atoms with van der Waals surface area (Å²) in [7, 11) is -3.97. The molecule has 3 aromatic rings. The van der Waals surface area contributed by atoms with Crippen LogP contribution >= 0.6 is 0 Å². The molecule has 0 aromatic heterocycles. The Balaban J connectivity index is 1.60. The second kappa shape index (κ2) is 11.4. The van der Waals surface area contributed by atoms with Crippen LogP contribution in [0.2, 0.25) is 0 Å². The molecule has 0 spiro atoms. The number of rotatable bonds is 6. The van der Waals surface area contributed by atoms with Gasteiger partial charge in [-0.3, -0.25) is 4.79 Å². The van der Waals surface area contributed by atoms with Crippen LogP contribution in [0.5, 0.6) is 0 Å². The first-order chi connectivity index (χ1) is 18.4. The van der Waals surface area contributed by atoms with Gasteiger partial charge in [0.25, 0.3) is 5.91 Å². The number of nitrogens with zero attached hydrogens (tertiary/aromatic N) is 1. The Bertz CT molecular complexity index is 1480. The maximum absolute atomic E-state index is 13.7. The van der Waals surface area contributed by atoms with E-state index in [1.54, 1.807) is 54.3 Å². The fraction of sp³-hybridized carbons (Fsp3) is 0.400. The van der Waals surface area contributed by atoms with E-state index >= 15 is 0 Å². The highest BCUT2D eigenvalue weighted by Gasteiger charge is 2.35. The highest BCUT2D eigenvalue weighted by molar-refractivity contribution is 7.89. The zero-order valence-electron chi connectivity index (χ0n) is 23.2. The molecule has 4 rings (SSSR count). The topological polar surface area (TPSA) is 105 Å². The molecule has 2 atom stereocenters. The molecular formula is C30H37N3O5S. The molecule has 0 radical (unpaired) electrons. The van der Waals surface area contributed by atoms with Crippen LogP contribution in [0, 0.1) is 6.92 Å². The normalized spacial score (nSPS) is 17.1. The Hall–Kier alpha value is -3.43. The summed E-state index contributed by atoms with van der Waals surface area (Å²) < 4.78 is 35.7. The number of hydrogen-bond acceptors (Lipinski definition) is 5. The van der Waals surface area contributed by atoms with Crippen LogP contribution < -0.4 is 10.0 Å². The van der Waals surface area contributed by atoms with Gasteiger partial charge in [0.1, 0.15) is 5.60 Å². The third-order valence-electron chi connectivity index (χ3n) is 6.91. The van der Waals surface area contributed by atoms with Crippen LogP contribution in [0.4, 0.5) is 10.5 Å². The van der Waals surface area contributed by atoms with Crippen LogP contribution in [0.1, 0.15) is 62.9 Å². The minimum absolute atomic E-state index is 0.110. The number of carbonyl (C=O) groups is 2. The van der Waals surface area contributed by atoms with Gasteiger partial charge in [0.2, 0.25) is 10.0 Å². The van der Waals surface area contributed by atoms with Crippen molar-refractivity contribution in [2.24, 2.45) is 0 Å². The third kappa shape index (κ3) is 6.59. The van der Waals surface area contributed by atoms with Crippen LogP contribution in [0.15, 0.2) is 65.6 Å². The van der Waals surface area contributed by atoms with Gasteiger partial charge in [0.05, 0.1) is 10.9 Å². The molecule has 8 nitrogen and oxygen atoms in total. The first-order valence-corrected chi connectivity index (χ1v) is 14.8. The summed E-state index contributed by atoms with van der Waals surface area (Å²) in [5.74, 6) is -0.264. The second-order valence-corrected chi connectivity index (χ2v) is 12.8. The summed E-state index contributed by atoms with van der Waals surface area (Å²) in [6.07, 6.45) is 1.98. The molecule has 0 aliphatic carbocycles. The van der Waals surface area contributed by atoms with Crippen molar-refractivity contribution in [3.05, 3.63) is 71.8 Å². The number of sulfonamides is 1. The number of amides is 2. The highest BCUT2D eigenvalue weighted by Crippen LogP contribution is 2.31. The zero-order chi connectivity index (χ0) is 28.4. The van der Waals surface area contributed by atoms with Gasteiger partial charge in [-0.25, -0.2) is 17.9 Å². The Kier molecular flexibility index (Phi) is 8.32. The molecule has 1 saturated heterocycles. The Morgan fingerprint density at radius 3 is 2.33 bits per heavy atom. The number of nitrogens with one attached hydrogen (secondary N) is 2. The van der Waals surface area contributed by atoms with E-state index in [0.29, 0.717) is 35.0 Å². The van der Waals surface area contributed by atoms with E-state index < -0.39 is 27.8 Å². The van der Waals surface area contributed by atoms with Crippen LogP contribution in [0.25, 0.3) is 10.8 Å². The number of anilines is 1. The van der Waals surface area contributed by atoms with E-state index in [1.165, 1.54) is 6.07 Å². The summed E-state index contributed by atoms with van der Waals surface area (Å²) in [4.78, 5) is 27.6. The van der Waals surface area contributed by atoms with Gasteiger partial charge >= 0.3 is 6.09 Å². The van der Waals surface area contributed by atoms with Crippen molar-refractivity contribution in [3.63, 3.8) is 0 Å². The van der Waals surface area contributed by atoms with E-state index in [1.807, 2.05) is 39.8 Å². The molecular weight excluding hydrogens is 514 g/mol. The Labute approximate surface area is 230 Å². The average molecular weight is 552 g/mol. The molecule has 1 aliphatic heterocycles. The van der Waals surface area contributed by atoms with Crippen molar-refractivity contribution in [3.8, 4) is 0 Å². The van der Waals surface area contributed by atoms with Crippen molar-refractivity contribution in [2.75, 3.05) is 11.9 Å². The average Bonchev–Trinajstić information content (AvgIpc) is 2.87. The fourth-order valence-electron chi connectivity index (χ4n) is 5.04. The lowest BCUT2D eigenvalue weighted by Gasteiger charge is -2.39. The number of hydrogen-bond donors (Lipinski definition) is 2. The molecule has 208 valence electrons. The van der Waals surface area contributed by atoms with Gasteiger partial charge in [-0.2, -0.15) is 0 Å². The number of aryl methyl sites for hydroxylation is 1. The third-order valence-corrected chi connectivity index (χ3v) is 8.52. The van der Waals surface area contributed by atoms with Gasteiger partial charge in [0.15, 0.2) is 0 Å². The quantitative estimate of drug-likeness (QED) is 0.399. The van der Waals surface area contributed by atoms with E-state index in [9.17, 15) is 18.0 Å². The largest absolute Gasteiger partial charge is 0.444 e. The summed E-state index contributed by atoms with van der Waals surface area (Å²) in [5.41, 5.74) is 1.28. The van der Waals surface area contributed by atoms with Gasteiger partial charge in [-0.05, 0) is 77.6 Å². The molecule has 2 amide bonds. The molecule has 9 heteroatoms. The highest BCUT2D eigenvalue weighted by atomic mass is 32.2. The summed E-state index contributed by atoms with van der Waals surface area (Å²) >= 11 is 0. The Morgan fingerprint density at radius 1 is 0.974 bits per heavy atom. The number of ether oxygens (including phenoxy) is 1. The SMILES string of the molecule is Cc1ccccc1C(=O)Nc1ccc(S(=O)(=O)NC(C)C2CCCCN2C(=O)OC(C)(C)C)c2ccccc12.